The Balaban J connectivity index is 3.17. The summed E-state index contributed by atoms with van der Waals surface area (Å²) in [5, 5.41) is -0.170. The zero-order valence-electron chi connectivity index (χ0n) is 4.24. The third-order valence-corrected chi connectivity index (χ3v) is 1.05. The lowest BCUT2D eigenvalue weighted by Crippen LogP contribution is -1.83. The Bertz CT molecular complexity index is 226. The van der Waals surface area contributed by atoms with Crippen LogP contribution in [0.15, 0.2) is 12.3 Å². The lowest BCUT2D eigenvalue weighted by molar-refractivity contribution is 0.552. The van der Waals surface area contributed by atoms with E-state index in [2.05, 4.69) is 4.98 Å². The Morgan fingerprint density at radius 1 is 1.44 bits per heavy atom. The van der Waals surface area contributed by atoms with Gasteiger partial charge in [0.15, 0.2) is 0 Å². The summed E-state index contributed by atoms with van der Waals surface area (Å²) >= 11 is 5.18. The van der Waals surface area contributed by atoms with Crippen molar-refractivity contribution in [3.05, 3.63) is 29.1 Å². The number of hydrogen-bond donors (Lipinski definition) is 0. The van der Waals surface area contributed by atoms with Gasteiger partial charge in [0.1, 0.15) is 5.82 Å². The Labute approximate surface area is 55.3 Å². The molecule has 0 N–H and O–H groups in total. The van der Waals surface area contributed by atoms with E-state index in [0.717, 1.165) is 6.20 Å². The van der Waals surface area contributed by atoms with Crippen LogP contribution in [0.1, 0.15) is 0 Å². The van der Waals surface area contributed by atoms with Crippen molar-refractivity contribution in [3.8, 4) is 0 Å². The zero-order chi connectivity index (χ0) is 6.85. The van der Waals surface area contributed by atoms with Crippen molar-refractivity contribution >= 4 is 11.6 Å². The Kier molecular flexibility index (Phi) is 1.62. The number of hydrogen-bond acceptors (Lipinski definition) is 1. The molecule has 1 aromatic heterocycles. The SMILES string of the molecule is Fc1cc(F)c(Cl)cn1. The van der Waals surface area contributed by atoms with Gasteiger partial charge in [-0.1, -0.05) is 11.6 Å². The molecule has 0 amide bonds. The van der Waals surface area contributed by atoms with Gasteiger partial charge < -0.3 is 0 Å². The van der Waals surface area contributed by atoms with Crippen LogP contribution in [0.25, 0.3) is 0 Å². The van der Waals surface area contributed by atoms with Crippen LogP contribution in [0.5, 0.6) is 0 Å². The quantitative estimate of drug-likeness (QED) is 0.515. The van der Waals surface area contributed by atoms with E-state index < -0.39 is 11.8 Å². The first-order valence-corrected chi connectivity index (χ1v) is 2.54. The van der Waals surface area contributed by atoms with Gasteiger partial charge in [0.2, 0.25) is 5.95 Å². The smallest absolute Gasteiger partial charge is 0.215 e. The van der Waals surface area contributed by atoms with E-state index in [0.29, 0.717) is 6.07 Å². The van der Waals surface area contributed by atoms with E-state index >= 15 is 0 Å². The normalized spacial score (nSPS) is 9.67. The highest BCUT2D eigenvalue weighted by Gasteiger charge is 1.99. The second-order valence-corrected chi connectivity index (χ2v) is 1.83. The van der Waals surface area contributed by atoms with Gasteiger partial charge in [0.05, 0.1) is 11.2 Å². The van der Waals surface area contributed by atoms with Crippen molar-refractivity contribution < 1.29 is 8.78 Å². The molecule has 0 radical (unpaired) electrons. The Morgan fingerprint density at radius 3 is 2.56 bits per heavy atom. The summed E-state index contributed by atoms with van der Waals surface area (Å²) in [6, 6.07) is 0.627. The number of aromatic nitrogens is 1. The zero-order valence-corrected chi connectivity index (χ0v) is 4.99. The average Bonchev–Trinajstić information content (AvgIpc) is 1.80. The molecule has 1 nitrogen and oxygen atoms in total. The summed E-state index contributed by atoms with van der Waals surface area (Å²) in [4.78, 5) is 3.10. The van der Waals surface area contributed by atoms with Gasteiger partial charge in [-0.2, -0.15) is 4.39 Å². The van der Waals surface area contributed by atoms with Crippen LogP contribution in [-0.2, 0) is 0 Å². The molecule has 1 rings (SSSR count). The molecule has 1 aromatic rings. The molecule has 0 aromatic carbocycles. The van der Waals surface area contributed by atoms with Crippen LogP contribution >= 0.6 is 11.6 Å². The molecule has 0 bridgehead atoms. The van der Waals surface area contributed by atoms with Crippen molar-refractivity contribution in [3.63, 3.8) is 0 Å². The molecular weight excluding hydrogens is 148 g/mol. The molecule has 4 heteroatoms. The number of pyridine rings is 1. The molecule has 9 heavy (non-hydrogen) atoms. The molecule has 0 aliphatic rings. The molecule has 0 spiro atoms. The van der Waals surface area contributed by atoms with E-state index in [1.54, 1.807) is 0 Å². The highest BCUT2D eigenvalue weighted by atomic mass is 35.5. The van der Waals surface area contributed by atoms with E-state index in [4.69, 9.17) is 11.6 Å². The van der Waals surface area contributed by atoms with Crippen LogP contribution in [0.4, 0.5) is 8.78 Å². The lowest BCUT2D eigenvalue weighted by Gasteiger charge is -1.89. The van der Waals surface area contributed by atoms with E-state index in [-0.39, 0.29) is 5.02 Å². The Morgan fingerprint density at radius 2 is 2.11 bits per heavy atom. The van der Waals surface area contributed by atoms with Crippen molar-refractivity contribution in [1.82, 2.24) is 4.98 Å². The van der Waals surface area contributed by atoms with Crippen molar-refractivity contribution in [2.45, 2.75) is 0 Å². The molecule has 0 aliphatic carbocycles. The van der Waals surface area contributed by atoms with Crippen molar-refractivity contribution in [2.24, 2.45) is 0 Å². The summed E-state index contributed by atoms with van der Waals surface area (Å²) in [5.74, 6) is -1.65. The lowest BCUT2D eigenvalue weighted by atomic mass is 10.5. The molecule has 0 saturated carbocycles. The molecule has 0 unspecified atom stereocenters. The highest BCUT2D eigenvalue weighted by molar-refractivity contribution is 6.30. The Hall–Kier alpha value is -0.700. The van der Waals surface area contributed by atoms with Crippen LogP contribution in [-0.4, -0.2) is 4.98 Å². The third kappa shape index (κ3) is 1.36. The predicted octanol–water partition coefficient (Wildman–Crippen LogP) is 2.01. The van der Waals surface area contributed by atoms with Gasteiger partial charge in [-0.15, -0.1) is 0 Å². The largest absolute Gasteiger partial charge is 0.227 e. The standard InChI is InChI=1S/C5H2ClF2N/c6-3-2-9-5(8)1-4(3)7/h1-2H. The summed E-state index contributed by atoms with van der Waals surface area (Å²) < 4.78 is 24.1. The van der Waals surface area contributed by atoms with E-state index in [9.17, 15) is 8.78 Å². The highest BCUT2D eigenvalue weighted by Crippen LogP contribution is 2.11. The first kappa shape index (κ1) is 6.42. The molecule has 1 heterocycles. The second kappa shape index (κ2) is 2.27. The van der Waals surface area contributed by atoms with Gasteiger partial charge in [-0.25, -0.2) is 9.37 Å². The maximum absolute atomic E-state index is 12.2. The molecule has 0 atom stereocenters. The van der Waals surface area contributed by atoms with Crippen LogP contribution < -0.4 is 0 Å². The van der Waals surface area contributed by atoms with E-state index in [1.165, 1.54) is 0 Å². The van der Waals surface area contributed by atoms with Crippen LogP contribution in [0.2, 0.25) is 5.02 Å². The number of rotatable bonds is 0. The molecule has 0 fully saturated rings. The van der Waals surface area contributed by atoms with Crippen molar-refractivity contribution in [1.29, 1.82) is 0 Å². The maximum Gasteiger partial charge on any atom is 0.215 e. The fourth-order valence-electron chi connectivity index (χ4n) is 0.391. The summed E-state index contributed by atoms with van der Waals surface area (Å²) in [6.45, 7) is 0. The summed E-state index contributed by atoms with van der Waals surface area (Å²) in [5.41, 5.74) is 0. The van der Waals surface area contributed by atoms with Gasteiger partial charge in [0, 0.05) is 6.07 Å². The molecular formula is C5H2ClF2N. The van der Waals surface area contributed by atoms with Crippen LogP contribution in [0, 0.1) is 11.8 Å². The van der Waals surface area contributed by atoms with Gasteiger partial charge in [-0.05, 0) is 0 Å². The van der Waals surface area contributed by atoms with Crippen molar-refractivity contribution in [2.75, 3.05) is 0 Å². The first-order valence-electron chi connectivity index (χ1n) is 2.16. The third-order valence-electron chi connectivity index (χ3n) is 0.775. The fraction of sp³-hybridized carbons (Fsp3) is 0. The second-order valence-electron chi connectivity index (χ2n) is 1.42. The van der Waals surface area contributed by atoms with Gasteiger partial charge in [-0.3, -0.25) is 0 Å². The molecule has 48 valence electrons. The average molecular weight is 150 g/mol. The summed E-state index contributed by atoms with van der Waals surface area (Å²) in [7, 11) is 0. The topological polar surface area (TPSA) is 12.9 Å². The van der Waals surface area contributed by atoms with E-state index in [1.807, 2.05) is 0 Å². The monoisotopic (exact) mass is 149 g/mol. The minimum Gasteiger partial charge on any atom is -0.227 e. The van der Waals surface area contributed by atoms with Crippen LogP contribution in [0.3, 0.4) is 0 Å². The van der Waals surface area contributed by atoms with Gasteiger partial charge >= 0.3 is 0 Å². The first-order chi connectivity index (χ1) is 4.20. The number of nitrogens with zero attached hydrogens (tertiary/aromatic N) is 1. The molecule has 0 aliphatic heterocycles. The number of halogens is 3. The molecule has 0 saturated heterocycles. The fourth-order valence-corrected chi connectivity index (χ4v) is 0.494. The van der Waals surface area contributed by atoms with Gasteiger partial charge in [0.25, 0.3) is 0 Å². The summed E-state index contributed by atoms with van der Waals surface area (Å²) in [6.07, 6.45) is 0.923. The minimum atomic E-state index is -0.864. The predicted molar refractivity (Wildman–Crippen MR) is 29.2 cm³/mol. The minimum absolute atomic E-state index is 0.170. The maximum atomic E-state index is 12.2.